The minimum absolute atomic E-state index is 0.236. The molecule has 4 heteroatoms. The fourth-order valence-electron chi connectivity index (χ4n) is 1.64. The summed E-state index contributed by atoms with van der Waals surface area (Å²) in [4.78, 5) is 22.9. The lowest BCUT2D eigenvalue weighted by Crippen LogP contribution is -2.53. The molecule has 2 rings (SSSR count). The van der Waals surface area contributed by atoms with Crippen LogP contribution in [0.25, 0.3) is 0 Å². The molecule has 1 N–H and O–H groups in total. The van der Waals surface area contributed by atoms with Crippen LogP contribution in [-0.4, -0.2) is 24.0 Å². The summed E-state index contributed by atoms with van der Waals surface area (Å²) >= 11 is 0. The summed E-state index contributed by atoms with van der Waals surface area (Å²) < 4.78 is 4.93. The first-order chi connectivity index (χ1) is 7.66. The van der Waals surface area contributed by atoms with Crippen LogP contribution in [0.5, 0.6) is 0 Å². The number of hydrogen-bond acceptors (Lipinski definition) is 3. The molecule has 1 aliphatic rings. The van der Waals surface area contributed by atoms with E-state index in [9.17, 15) is 9.59 Å². The van der Waals surface area contributed by atoms with Crippen LogP contribution in [-0.2, 0) is 20.7 Å². The van der Waals surface area contributed by atoms with Crippen LogP contribution in [0.3, 0.4) is 0 Å². The third-order valence-electron chi connectivity index (χ3n) is 2.55. The number of amides is 1. The van der Waals surface area contributed by atoms with Gasteiger partial charge in [-0.15, -0.1) is 0 Å². The molecule has 1 heterocycles. The smallest absolute Gasteiger partial charge is 0.329 e. The molecule has 1 saturated heterocycles. The summed E-state index contributed by atoms with van der Waals surface area (Å²) in [5.74, 6) is -0.600. The van der Waals surface area contributed by atoms with Crippen LogP contribution in [0.2, 0.25) is 0 Å². The van der Waals surface area contributed by atoms with Crippen molar-refractivity contribution in [2.24, 2.45) is 0 Å². The second-order valence-corrected chi connectivity index (χ2v) is 3.83. The van der Waals surface area contributed by atoms with E-state index >= 15 is 0 Å². The zero-order valence-electron chi connectivity index (χ0n) is 8.97. The Hall–Kier alpha value is -1.84. The van der Waals surface area contributed by atoms with Gasteiger partial charge in [-0.1, -0.05) is 30.3 Å². The summed E-state index contributed by atoms with van der Waals surface area (Å²) in [5.41, 5.74) is 0.999. The fraction of sp³-hybridized carbons (Fsp3) is 0.333. The van der Waals surface area contributed by atoms with Crippen LogP contribution in [0.4, 0.5) is 0 Å². The van der Waals surface area contributed by atoms with Crippen molar-refractivity contribution in [1.29, 1.82) is 0 Å². The molecule has 1 aromatic carbocycles. The third-order valence-corrected chi connectivity index (χ3v) is 2.55. The van der Waals surface area contributed by atoms with Crippen LogP contribution >= 0.6 is 0 Å². The van der Waals surface area contributed by atoms with Gasteiger partial charge >= 0.3 is 5.97 Å². The Morgan fingerprint density at radius 3 is 2.62 bits per heavy atom. The minimum atomic E-state index is -0.681. The first-order valence-corrected chi connectivity index (χ1v) is 5.21. The monoisotopic (exact) mass is 219 g/mol. The van der Waals surface area contributed by atoms with Gasteiger partial charge in [0, 0.05) is 6.42 Å². The average molecular weight is 219 g/mol. The molecule has 0 aromatic heterocycles. The number of benzene rings is 1. The topological polar surface area (TPSA) is 55.4 Å². The van der Waals surface area contributed by atoms with Crippen LogP contribution in [0.1, 0.15) is 12.5 Å². The normalized spacial score (nSPS) is 24.8. The number of esters is 1. The second-order valence-electron chi connectivity index (χ2n) is 3.83. The standard InChI is InChI=1S/C12H13NO3/c1-8-11(14)13-10(12(15)16-8)7-9-5-3-2-4-6-9/h2-6,8,10H,7H2,1H3,(H,13,14)/t8-,10+/m0/s1. The quantitative estimate of drug-likeness (QED) is 0.743. The molecule has 0 saturated carbocycles. The molecule has 0 bridgehead atoms. The lowest BCUT2D eigenvalue weighted by atomic mass is 10.0. The molecule has 84 valence electrons. The van der Waals surface area contributed by atoms with Crippen molar-refractivity contribution in [2.75, 3.05) is 0 Å². The predicted octanol–water partition coefficient (Wildman–Crippen LogP) is 0.659. The van der Waals surface area contributed by atoms with Crippen LogP contribution in [0, 0.1) is 0 Å². The molecule has 0 aliphatic carbocycles. The van der Waals surface area contributed by atoms with Crippen molar-refractivity contribution in [3.63, 3.8) is 0 Å². The fourth-order valence-corrected chi connectivity index (χ4v) is 1.64. The molecule has 1 fully saturated rings. The van der Waals surface area contributed by atoms with Crippen LogP contribution in [0.15, 0.2) is 30.3 Å². The number of carbonyl (C=O) groups is 2. The van der Waals surface area contributed by atoms with Gasteiger partial charge in [0.05, 0.1) is 0 Å². The number of carbonyl (C=O) groups excluding carboxylic acids is 2. The van der Waals surface area contributed by atoms with Crippen molar-refractivity contribution < 1.29 is 14.3 Å². The van der Waals surface area contributed by atoms with Crippen molar-refractivity contribution in [2.45, 2.75) is 25.5 Å². The SMILES string of the molecule is C[C@@H]1OC(=O)[C@@H](Cc2ccccc2)NC1=O. The zero-order valence-corrected chi connectivity index (χ0v) is 8.97. The Morgan fingerprint density at radius 1 is 1.25 bits per heavy atom. The largest absolute Gasteiger partial charge is 0.451 e. The highest BCUT2D eigenvalue weighted by Gasteiger charge is 2.32. The average Bonchev–Trinajstić information content (AvgIpc) is 2.27. The van der Waals surface area contributed by atoms with Gasteiger partial charge in [0.25, 0.3) is 5.91 Å². The van der Waals surface area contributed by atoms with Gasteiger partial charge in [-0.05, 0) is 12.5 Å². The molecular weight excluding hydrogens is 206 g/mol. The Labute approximate surface area is 93.6 Å². The first kappa shape index (κ1) is 10.7. The van der Waals surface area contributed by atoms with Gasteiger partial charge in [0.2, 0.25) is 0 Å². The number of hydrogen-bond donors (Lipinski definition) is 1. The highest BCUT2D eigenvalue weighted by Crippen LogP contribution is 2.09. The van der Waals surface area contributed by atoms with Gasteiger partial charge in [-0.2, -0.15) is 0 Å². The predicted molar refractivity (Wildman–Crippen MR) is 57.6 cm³/mol. The molecule has 1 amide bonds. The number of nitrogens with one attached hydrogen (secondary N) is 1. The lowest BCUT2D eigenvalue weighted by Gasteiger charge is -2.26. The highest BCUT2D eigenvalue weighted by molar-refractivity contribution is 5.92. The molecule has 0 unspecified atom stereocenters. The van der Waals surface area contributed by atoms with E-state index in [1.165, 1.54) is 0 Å². The molecule has 0 radical (unpaired) electrons. The maximum Gasteiger partial charge on any atom is 0.329 e. The van der Waals surface area contributed by atoms with E-state index in [0.29, 0.717) is 6.42 Å². The van der Waals surface area contributed by atoms with Crippen LogP contribution < -0.4 is 5.32 Å². The van der Waals surface area contributed by atoms with Crippen molar-refractivity contribution in [1.82, 2.24) is 5.32 Å². The first-order valence-electron chi connectivity index (χ1n) is 5.21. The van der Waals surface area contributed by atoms with E-state index in [-0.39, 0.29) is 11.9 Å². The van der Waals surface area contributed by atoms with Crippen molar-refractivity contribution in [3.05, 3.63) is 35.9 Å². The molecular formula is C12H13NO3. The Bertz CT molecular complexity index is 402. The number of ether oxygens (including phenoxy) is 1. The summed E-state index contributed by atoms with van der Waals surface area (Å²) in [7, 11) is 0. The van der Waals surface area contributed by atoms with E-state index in [4.69, 9.17) is 4.74 Å². The molecule has 2 atom stereocenters. The summed E-state index contributed by atoms with van der Waals surface area (Å²) in [6, 6.07) is 8.96. The van der Waals surface area contributed by atoms with Gasteiger partial charge in [0.15, 0.2) is 6.10 Å². The molecule has 0 spiro atoms. The highest BCUT2D eigenvalue weighted by atomic mass is 16.6. The van der Waals surface area contributed by atoms with E-state index < -0.39 is 12.1 Å². The van der Waals surface area contributed by atoms with Gasteiger partial charge < -0.3 is 10.1 Å². The van der Waals surface area contributed by atoms with E-state index in [2.05, 4.69) is 5.32 Å². The Balaban J connectivity index is 2.05. The van der Waals surface area contributed by atoms with E-state index in [1.54, 1.807) is 6.92 Å². The lowest BCUT2D eigenvalue weighted by molar-refractivity contribution is -0.164. The number of rotatable bonds is 2. The third kappa shape index (κ3) is 2.21. The summed E-state index contributed by atoms with van der Waals surface area (Å²) in [6.45, 7) is 1.56. The molecule has 16 heavy (non-hydrogen) atoms. The second kappa shape index (κ2) is 4.35. The number of morpholine rings is 1. The maximum atomic E-state index is 11.5. The maximum absolute atomic E-state index is 11.5. The Kier molecular flexibility index (Phi) is 2.90. The summed E-state index contributed by atoms with van der Waals surface area (Å²) in [5, 5.41) is 2.65. The van der Waals surface area contributed by atoms with Crippen molar-refractivity contribution >= 4 is 11.9 Å². The molecule has 1 aliphatic heterocycles. The summed E-state index contributed by atoms with van der Waals surface area (Å²) in [6.07, 6.45) is -0.211. The minimum Gasteiger partial charge on any atom is -0.451 e. The Morgan fingerprint density at radius 2 is 1.94 bits per heavy atom. The molecule has 4 nitrogen and oxygen atoms in total. The van der Waals surface area contributed by atoms with Crippen molar-refractivity contribution in [3.8, 4) is 0 Å². The van der Waals surface area contributed by atoms with Gasteiger partial charge in [-0.25, -0.2) is 4.79 Å². The van der Waals surface area contributed by atoms with Gasteiger partial charge in [0.1, 0.15) is 6.04 Å². The zero-order chi connectivity index (χ0) is 11.5. The number of cyclic esters (lactones) is 1. The molecule has 1 aromatic rings. The van der Waals surface area contributed by atoms with E-state index in [0.717, 1.165) is 5.56 Å². The van der Waals surface area contributed by atoms with E-state index in [1.807, 2.05) is 30.3 Å². The van der Waals surface area contributed by atoms with Gasteiger partial charge in [-0.3, -0.25) is 4.79 Å².